The first-order chi connectivity index (χ1) is 21.7. The summed E-state index contributed by atoms with van der Waals surface area (Å²) in [5.74, 6) is 0.582. The molecule has 2 atom stereocenters. The molecular weight excluding hydrogens is 605 g/mol. The number of alkyl halides is 3. The molecule has 1 aliphatic rings. The second-order valence-electron chi connectivity index (χ2n) is 12.0. The van der Waals surface area contributed by atoms with Gasteiger partial charge in [0.25, 0.3) is 0 Å². The van der Waals surface area contributed by atoms with Gasteiger partial charge in [0.2, 0.25) is 5.91 Å². The molecule has 0 saturated carbocycles. The first kappa shape index (κ1) is 32.5. The third-order valence-corrected chi connectivity index (χ3v) is 7.24. The Bertz CT molecular complexity index is 1740. The number of fused-ring (bicyclic) bond motifs is 1. The van der Waals surface area contributed by atoms with Crippen LogP contribution in [0.4, 0.5) is 29.5 Å². The van der Waals surface area contributed by atoms with Crippen LogP contribution in [0.5, 0.6) is 11.5 Å². The van der Waals surface area contributed by atoms with Crippen LogP contribution in [0.3, 0.4) is 0 Å². The quantitative estimate of drug-likeness (QED) is 0.221. The van der Waals surface area contributed by atoms with E-state index in [1.54, 1.807) is 45.9 Å². The first-order valence-electron chi connectivity index (χ1n) is 14.7. The van der Waals surface area contributed by atoms with Gasteiger partial charge in [0.15, 0.2) is 5.82 Å². The number of nitrogens with zero attached hydrogens (tertiary/aromatic N) is 4. The minimum absolute atomic E-state index is 0.0133. The Morgan fingerprint density at radius 3 is 2.59 bits per heavy atom. The second kappa shape index (κ2) is 12.9. The van der Waals surface area contributed by atoms with E-state index < -0.39 is 41.5 Å². The lowest BCUT2D eigenvalue weighted by molar-refractivity contribution is -0.137. The monoisotopic (exact) mass is 640 g/mol. The van der Waals surface area contributed by atoms with E-state index in [2.05, 4.69) is 20.6 Å². The fraction of sp³-hybridized carbons (Fsp3) is 0.375. The third-order valence-electron chi connectivity index (χ3n) is 7.24. The van der Waals surface area contributed by atoms with Crippen molar-refractivity contribution in [1.82, 2.24) is 24.8 Å². The number of aryl methyl sites for hydroxylation is 1. The van der Waals surface area contributed by atoms with E-state index in [1.165, 1.54) is 23.4 Å². The molecule has 0 bridgehead atoms. The zero-order valence-electron chi connectivity index (χ0n) is 25.8. The number of β-amino-alcohol motifs (C(OH)–C–C–N with tert-alkyl or cyclic N) is 1. The standard InChI is InChI=1S/C32H35F3N6O5/c1-19-14-21(8-9-26(19)45-23-7-5-6-20(15-23)32(33,34)35)39-28-27-24(37-18-38-28)10-12-40(27)13-11-36-29(43)25-16-22(42)17-41(25)30(44)46-31(2,3)4/h5-10,12,14-15,18,22,25,42H,11,13,16-17H2,1-4H3,(H,36,43)(H,37,38,39)/t22-,25+/m1/s1. The molecule has 2 amide bonds. The van der Waals surface area contributed by atoms with Crippen molar-refractivity contribution in [2.45, 2.75) is 64.6 Å². The van der Waals surface area contributed by atoms with E-state index in [9.17, 15) is 27.9 Å². The zero-order chi connectivity index (χ0) is 33.2. The summed E-state index contributed by atoms with van der Waals surface area (Å²) in [5.41, 5.74) is 1.16. The van der Waals surface area contributed by atoms with Crippen LogP contribution >= 0.6 is 0 Å². The number of likely N-dealkylation sites (tertiary alicyclic amines) is 1. The predicted molar refractivity (Wildman–Crippen MR) is 164 cm³/mol. The fourth-order valence-corrected chi connectivity index (χ4v) is 5.15. The topological polar surface area (TPSA) is 131 Å². The number of rotatable bonds is 8. The van der Waals surface area contributed by atoms with Crippen LogP contribution < -0.4 is 15.4 Å². The van der Waals surface area contributed by atoms with Crippen LogP contribution in [-0.4, -0.2) is 67.4 Å². The number of ether oxygens (including phenoxy) is 2. The Balaban J connectivity index is 1.25. The van der Waals surface area contributed by atoms with Crippen LogP contribution in [-0.2, 0) is 22.3 Å². The SMILES string of the molecule is Cc1cc(Nc2ncnc3ccn(CCNC(=O)[C@@H]4C[C@@H](O)CN4C(=O)OC(C)(C)C)c23)ccc1Oc1cccc(C(F)(F)F)c1. The Morgan fingerprint density at radius 2 is 1.87 bits per heavy atom. The van der Waals surface area contributed by atoms with Gasteiger partial charge in [-0.3, -0.25) is 9.69 Å². The number of amides is 2. The molecule has 244 valence electrons. The summed E-state index contributed by atoms with van der Waals surface area (Å²) < 4.78 is 52.4. The van der Waals surface area contributed by atoms with Gasteiger partial charge >= 0.3 is 12.3 Å². The maximum absolute atomic E-state index is 13.1. The van der Waals surface area contributed by atoms with Crippen molar-refractivity contribution < 1.29 is 37.3 Å². The molecule has 3 heterocycles. The average molecular weight is 641 g/mol. The fourth-order valence-electron chi connectivity index (χ4n) is 5.15. The number of anilines is 2. The summed E-state index contributed by atoms with van der Waals surface area (Å²) in [7, 11) is 0. The molecule has 1 saturated heterocycles. The molecule has 0 unspecified atom stereocenters. The molecule has 14 heteroatoms. The van der Waals surface area contributed by atoms with Gasteiger partial charge in [0, 0.05) is 31.4 Å². The highest BCUT2D eigenvalue weighted by Gasteiger charge is 2.40. The summed E-state index contributed by atoms with van der Waals surface area (Å²) in [6.07, 6.45) is -2.60. The molecule has 2 aromatic carbocycles. The molecule has 1 aliphatic heterocycles. The molecule has 11 nitrogen and oxygen atoms in total. The zero-order valence-corrected chi connectivity index (χ0v) is 25.8. The minimum atomic E-state index is -4.48. The van der Waals surface area contributed by atoms with Gasteiger partial charge in [-0.05, 0) is 75.7 Å². The number of carbonyl (C=O) groups is 2. The molecule has 1 fully saturated rings. The summed E-state index contributed by atoms with van der Waals surface area (Å²) in [4.78, 5) is 35.7. The van der Waals surface area contributed by atoms with Gasteiger partial charge in [0.05, 0.1) is 23.7 Å². The number of hydrogen-bond acceptors (Lipinski definition) is 8. The highest BCUT2D eigenvalue weighted by atomic mass is 19.4. The molecule has 0 radical (unpaired) electrons. The number of carbonyl (C=O) groups excluding carboxylic acids is 2. The molecule has 4 aromatic rings. The summed E-state index contributed by atoms with van der Waals surface area (Å²) in [5, 5.41) is 16.3. The molecular formula is C32H35F3N6O5. The molecule has 2 aromatic heterocycles. The Morgan fingerprint density at radius 1 is 1.09 bits per heavy atom. The van der Waals surface area contributed by atoms with Crippen molar-refractivity contribution in [3.05, 3.63) is 72.2 Å². The van der Waals surface area contributed by atoms with Gasteiger partial charge in [-0.15, -0.1) is 0 Å². The Kier molecular flexibility index (Phi) is 9.10. The van der Waals surface area contributed by atoms with Crippen molar-refractivity contribution in [1.29, 1.82) is 0 Å². The van der Waals surface area contributed by atoms with E-state index in [0.29, 0.717) is 40.4 Å². The summed E-state index contributed by atoms with van der Waals surface area (Å²) in [6.45, 7) is 7.58. The highest BCUT2D eigenvalue weighted by Crippen LogP contribution is 2.34. The maximum Gasteiger partial charge on any atom is 0.416 e. The Hall–Kier alpha value is -4.85. The van der Waals surface area contributed by atoms with Crippen molar-refractivity contribution in [2.24, 2.45) is 0 Å². The van der Waals surface area contributed by atoms with Gasteiger partial charge in [-0.2, -0.15) is 13.2 Å². The van der Waals surface area contributed by atoms with Crippen LogP contribution in [0, 0.1) is 6.92 Å². The van der Waals surface area contributed by atoms with E-state index in [4.69, 9.17) is 9.47 Å². The number of benzene rings is 2. The van der Waals surface area contributed by atoms with Gasteiger partial charge in [-0.25, -0.2) is 14.8 Å². The van der Waals surface area contributed by atoms with Crippen molar-refractivity contribution in [2.75, 3.05) is 18.4 Å². The van der Waals surface area contributed by atoms with E-state index in [0.717, 1.165) is 12.1 Å². The van der Waals surface area contributed by atoms with E-state index >= 15 is 0 Å². The third kappa shape index (κ3) is 7.68. The first-order valence-corrected chi connectivity index (χ1v) is 14.7. The number of nitrogens with one attached hydrogen (secondary N) is 2. The second-order valence-corrected chi connectivity index (χ2v) is 12.0. The summed E-state index contributed by atoms with van der Waals surface area (Å²) >= 11 is 0. The van der Waals surface area contributed by atoms with Gasteiger partial charge < -0.3 is 29.8 Å². The highest BCUT2D eigenvalue weighted by molar-refractivity contribution is 5.88. The number of aliphatic hydroxyl groups excluding tert-OH is 1. The molecule has 5 rings (SSSR count). The lowest BCUT2D eigenvalue weighted by Crippen LogP contribution is -2.48. The average Bonchev–Trinajstić information content (AvgIpc) is 3.57. The lowest BCUT2D eigenvalue weighted by atomic mass is 10.2. The van der Waals surface area contributed by atoms with Crippen molar-refractivity contribution in [3.8, 4) is 11.5 Å². The van der Waals surface area contributed by atoms with E-state index in [1.807, 2.05) is 16.8 Å². The smallest absolute Gasteiger partial charge is 0.416 e. The van der Waals surface area contributed by atoms with Gasteiger partial charge in [-0.1, -0.05) is 6.07 Å². The maximum atomic E-state index is 13.1. The molecule has 3 N–H and O–H groups in total. The molecule has 46 heavy (non-hydrogen) atoms. The van der Waals surface area contributed by atoms with Crippen molar-refractivity contribution in [3.63, 3.8) is 0 Å². The number of aromatic nitrogens is 3. The van der Waals surface area contributed by atoms with E-state index in [-0.39, 0.29) is 25.3 Å². The predicted octanol–water partition coefficient (Wildman–Crippen LogP) is 5.78. The summed E-state index contributed by atoms with van der Waals surface area (Å²) in [6, 6.07) is 10.8. The Labute approximate surface area is 263 Å². The molecule has 0 spiro atoms. The minimum Gasteiger partial charge on any atom is -0.457 e. The van der Waals surface area contributed by atoms with Crippen LogP contribution in [0.1, 0.15) is 38.3 Å². The lowest BCUT2D eigenvalue weighted by Gasteiger charge is -2.27. The van der Waals surface area contributed by atoms with Gasteiger partial charge in [0.1, 0.15) is 35.0 Å². The normalized spacial score (nSPS) is 16.8. The van der Waals surface area contributed by atoms with Crippen LogP contribution in [0.15, 0.2) is 61.1 Å². The number of aliphatic hydroxyl groups is 1. The number of hydrogen-bond donors (Lipinski definition) is 3. The van der Waals surface area contributed by atoms with Crippen molar-refractivity contribution >= 4 is 34.5 Å². The number of halogens is 3. The molecule has 0 aliphatic carbocycles. The van der Waals surface area contributed by atoms with Crippen LogP contribution in [0.25, 0.3) is 11.0 Å². The largest absolute Gasteiger partial charge is 0.457 e. The van der Waals surface area contributed by atoms with Crippen LogP contribution in [0.2, 0.25) is 0 Å².